The van der Waals surface area contributed by atoms with Crippen LogP contribution in [0.15, 0.2) is 0 Å². The lowest BCUT2D eigenvalue weighted by molar-refractivity contribution is -0.141. The molecule has 106 valence electrons. The fraction of sp³-hybridized carbons (Fsp3) is 0.846. The summed E-state index contributed by atoms with van der Waals surface area (Å²) < 4.78 is 9.80. The molecule has 0 aliphatic carbocycles. The predicted molar refractivity (Wildman–Crippen MR) is 69.2 cm³/mol. The molecule has 0 aromatic heterocycles. The van der Waals surface area contributed by atoms with Crippen LogP contribution >= 0.6 is 0 Å². The highest BCUT2D eigenvalue weighted by atomic mass is 16.6. The summed E-state index contributed by atoms with van der Waals surface area (Å²) in [5, 5.41) is 2.72. The first-order chi connectivity index (χ1) is 7.95. The molecular weight excluding hydrogens is 234 g/mol. The van der Waals surface area contributed by atoms with Gasteiger partial charge in [0.05, 0.1) is 13.5 Å². The third-order valence-electron chi connectivity index (χ3n) is 2.33. The molecule has 18 heavy (non-hydrogen) atoms. The number of esters is 1. The molecule has 0 radical (unpaired) electrons. The van der Waals surface area contributed by atoms with E-state index in [-0.39, 0.29) is 23.8 Å². The molecule has 1 atom stereocenters. The van der Waals surface area contributed by atoms with Crippen molar-refractivity contribution in [3.63, 3.8) is 0 Å². The first kappa shape index (κ1) is 16.7. The lowest BCUT2D eigenvalue weighted by Crippen LogP contribution is -2.47. The van der Waals surface area contributed by atoms with Crippen LogP contribution in [-0.2, 0) is 14.3 Å². The number of amides is 1. The summed E-state index contributed by atoms with van der Waals surface area (Å²) in [6.45, 7) is 11.2. The average Bonchev–Trinajstić information content (AvgIpc) is 2.11. The van der Waals surface area contributed by atoms with Crippen LogP contribution in [0, 0.1) is 5.41 Å². The van der Waals surface area contributed by atoms with Crippen LogP contribution < -0.4 is 5.32 Å². The maximum atomic E-state index is 11.7. The second-order valence-electron chi connectivity index (χ2n) is 6.35. The molecular formula is C13H25NO4. The number of carbonyl (C=O) groups is 2. The van der Waals surface area contributed by atoms with Crippen molar-refractivity contribution in [1.82, 2.24) is 5.32 Å². The minimum absolute atomic E-state index is 0.124. The number of methoxy groups -OCH3 is 1. The van der Waals surface area contributed by atoms with Crippen molar-refractivity contribution in [2.24, 2.45) is 5.41 Å². The van der Waals surface area contributed by atoms with Gasteiger partial charge in [-0.3, -0.25) is 4.79 Å². The fourth-order valence-corrected chi connectivity index (χ4v) is 1.27. The smallest absolute Gasteiger partial charge is 0.407 e. The number of carbonyl (C=O) groups excluding carboxylic acids is 2. The molecule has 1 N–H and O–H groups in total. The number of rotatable bonds is 3. The second-order valence-corrected chi connectivity index (χ2v) is 6.35. The standard InChI is InChI=1S/C13H25NO4/c1-12(2,3)9(8-10(15)17-7)14-11(16)18-13(4,5)6/h9H,8H2,1-7H3,(H,14,16)/t9-/m0/s1. The zero-order valence-corrected chi connectivity index (χ0v) is 12.4. The molecule has 0 rings (SSSR count). The van der Waals surface area contributed by atoms with E-state index in [0.29, 0.717) is 0 Å². The van der Waals surface area contributed by atoms with E-state index in [1.54, 1.807) is 20.8 Å². The number of alkyl carbamates (subject to hydrolysis) is 1. The van der Waals surface area contributed by atoms with E-state index in [9.17, 15) is 9.59 Å². The van der Waals surface area contributed by atoms with Crippen LogP contribution in [0.2, 0.25) is 0 Å². The van der Waals surface area contributed by atoms with Crippen LogP contribution in [0.1, 0.15) is 48.0 Å². The Kier molecular flexibility index (Phi) is 5.64. The fourth-order valence-electron chi connectivity index (χ4n) is 1.27. The minimum Gasteiger partial charge on any atom is -0.469 e. The van der Waals surface area contributed by atoms with Crippen molar-refractivity contribution in [3.05, 3.63) is 0 Å². The van der Waals surface area contributed by atoms with Crippen molar-refractivity contribution in [2.45, 2.75) is 59.6 Å². The highest BCUT2D eigenvalue weighted by Crippen LogP contribution is 2.22. The zero-order valence-electron chi connectivity index (χ0n) is 12.4. The molecule has 0 aliphatic rings. The van der Waals surface area contributed by atoms with Gasteiger partial charge in [-0.05, 0) is 26.2 Å². The summed E-state index contributed by atoms with van der Waals surface area (Å²) in [7, 11) is 1.33. The Morgan fingerprint density at radius 3 is 1.94 bits per heavy atom. The van der Waals surface area contributed by atoms with E-state index in [4.69, 9.17) is 4.74 Å². The molecule has 0 saturated heterocycles. The summed E-state index contributed by atoms with van der Waals surface area (Å²) >= 11 is 0. The average molecular weight is 259 g/mol. The van der Waals surface area contributed by atoms with Gasteiger partial charge in [0.25, 0.3) is 0 Å². The van der Waals surface area contributed by atoms with E-state index in [1.165, 1.54) is 7.11 Å². The molecule has 0 fully saturated rings. The monoisotopic (exact) mass is 259 g/mol. The van der Waals surface area contributed by atoms with Gasteiger partial charge in [-0.15, -0.1) is 0 Å². The van der Waals surface area contributed by atoms with Crippen LogP contribution in [0.4, 0.5) is 4.79 Å². The SMILES string of the molecule is COC(=O)C[C@H](NC(=O)OC(C)(C)C)C(C)(C)C. The Labute approximate surface area is 109 Å². The van der Waals surface area contributed by atoms with Crippen LogP contribution in [0.25, 0.3) is 0 Å². The van der Waals surface area contributed by atoms with Gasteiger partial charge in [0.15, 0.2) is 0 Å². The lowest BCUT2D eigenvalue weighted by Gasteiger charge is -2.31. The van der Waals surface area contributed by atoms with E-state index in [1.807, 2.05) is 20.8 Å². The largest absolute Gasteiger partial charge is 0.469 e. The van der Waals surface area contributed by atoms with Gasteiger partial charge in [-0.2, -0.15) is 0 Å². The normalized spacial score (nSPS) is 13.7. The van der Waals surface area contributed by atoms with E-state index < -0.39 is 11.7 Å². The molecule has 0 aliphatic heterocycles. The van der Waals surface area contributed by atoms with Crippen LogP contribution in [0.5, 0.6) is 0 Å². The zero-order chi connectivity index (χ0) is 14.6. The summed E-state index contributed by atoms with van der Waals surface area (Å²) in [4.78, 5) is 23.0. The van der Waals surface area contributed by atoms with Gasteiger partial charge in [0, 0.05) is 6.04 Å². The molecule has 5 heteroatoms. The quantitative estimate of drug-likeness (QED) is 0.791. The van der Waals surface area contributed by atoms with E-state index >= 15 is 0 Å². The molecule has 0 saturated carbocycles. The number of nitrogens with one attached hydrogen (secondary N) is 1. The maximum absolute atomic E-state index is 11.7. The Hall–Kier alpha value is -1.26. The van der Waals surface area contributed by atoms with Crippen LogP contribution in [0.3, 0.4) is 0 Å². The maximum Gasteiger partial charge on any atom is 0.407 e. The predicted octanol–water partition coefficient (Wildman–Crippen LogP) is 2.49. The van der Waals surface area contributed by atoms with Crippen LogP contribution in [-0.4, -0.2) is 30.8 Å². The third kappa shape index (κ3) is 7.14. The number of hydrogen-bond acceptors (Lipinski definition) is 4. The highest BCUT2D eigenvalue weighted by Gasteiger charge is 2.30. The van der Waals surface area contributed by atoms with Crippen molar-refractivity contribution >= 4 is 12.1 Å². The van der Waals surface area contributed by atoms with Gasteiger partial charge in [-0.1, -0.05) is 20.8 Å². The Morgan fingerprint density at radius 2 is 1.61 bits per heavy atom. The van der Waals surface area contributed by atoms with Crippen molar-refractivity contribution in [1.29, 1.82) is 0 Å². The number of hydrogen-bond donors (Lipinski definition) is 1. The first-order valence-electron chi connectivity index (χ1n) is 6.02. The molecule has 1 amide bonds. The van der Waals surface area contributed by atoms with Crippen molar-refractivity contribution in [3.8, 4) is 0 Å². The Morgan fingerprint density at radius 1 is 1.11 bits per heavy atom. The molecule has 0 aromatic carbocycles. The van der Waals surface area contributed by atoms with E-state index in [2.05, 4.69) is 10.1 Å². The number of ether oxygens (including phenoxy) is 2. The molecule has 5 nitrogen and oxygen atoms in total. The Balaban J connectivity index is 4.61. The summed E-state index contributed by atoms with van der Waals surface area (Å²) in [6, 6.07) is -0.334. The third-order valence-corrected chi connectivity index (χ3v) is 2.33. The van der Waals surface area contributed by atoms with Gasteiger partial charge in [0.1, 0.15) is 5.60 Å². The van der Waals surface area contributed by atoms with Gasteiger partial charge in [-0.25, -0.2) is 4.79 Å². The molecule has 0 bridgehead atoms. The Bertz CT molecular complexity index is 299. The first-order valence-corrected chi connectivity index (χ1v) is 6.02. The van der Waals surface area contributed by atoms with Gasteiger partial charge < -0.3 is 14.8 Å². The van der Waals surface area contributed by atoms with E-state index in [0.717, 1.165) is 0 Å². The van der Waals surface area contributed by atoms with Gasteiger partial charge >= 0.3 is 12.1 Å². The molecule has 0 heterocycles. The highest BCUT2D eigenvalue weighted by molar-refractivity contribution is 5.73. The second kappa shape index (κ2) is 6.07. The lowest BCUT2D eigenvalue weighted by atomic mass is 9.85. The molecule has 0 spiro atoms. The minimum atomic E-state index is -0.558. The topological polar surface area (TPSA) is 64.6 Å². The summed E-state index contributed by atoms with van der Waals surface area (Å²) in [6.07, 6.45) is -0.398. The van der Waals surface area contributed by atoms with Crippen molar-refractivity contribution in [2.75, 3.05) is 7.11 Å². The molecule has 0 unspecified atom stereocenters. The molecule has 0 aromatic rings. The summed E-state index contributed by atoms with van der Waals surface area (Å²) in [5.41, 5.74) is -0.817. The van der Waals surface area contributed by atoms with Crippen molar-refractivity contribution < 1.29 is 19.1 Å². The van der Waals surface area contributed by atoms with Gasteiger partial charge in [0.2, 0.25) is 0 Å². The summed E-state index contributed by atoms with van der Waals surface area (Å²) in [5.74, 6) is -0.356.